The quantitative estimate of drug-likeness (QED) is 0.645. The SMILES string of the molecule is CCOC(=O)C1(C)CC(CO)C1. The van der Waals surface area contributed by atoms with Crippen LogP contribution >= 0.6 is 0 Å². The molecule has 0 aromatic heterocycles. The Morgan fingerprint density at radius 3 is 2.67 bits per heavy atom. The highest BCUT2D eigenvalue weighted by atomic mass is 16.5. The van der Waals surface area contributed by atoms with E-state index in [0.29, 0.717) is 12.5 Å². The van der Waals surface area contributed by atoms with E-state index in [2.05, 4.69) is 0 Å². The number of hydrogen-bond donors (Lipinski definition) is 1. The summed E-state index contributed by atoms with van der Waals surface area (Å²) in [6.07, 6.45) is 1.53. The Morgan fingerprint density at radius 2 is 2.25 bits per heavy atom. The molecule has 1 N–H and O–H groups in total. The van der Waals surface area contributed by atoms with Crippen molar-refractivity contribution in [2.24, 2.45) is 11.3 Å². The summed E-state index contributed by atoms with van der Waals surface area (Å²) in [7, 11) is 0. The summed E-state index contributed by atoms with van der Waals surface area (Å²) in [6, 6.07) is 0. The predicted octanol–water partition coefficient (Wildman–Crippen LogP) is 0.958. The molecule has 12 heavy (non-hydrogen) atoms. The number of rotatable bonds is 3. The van der Waals surface area contributed by atoms with Crippen LogP contribution in [0.5, 0.6) is 0 Å². The van der Waals surface area contributed by atoms with Crippen LogP contribution in [0.4, 0.5) is 0 Å². The highest BCUT2D eigenvalue weighted by Gasteiger charge is 2.46. The minimum Gasteiger partial charge on any atom is -0.466 e. The van der Waals surface area contributed by atoms with Crippen LogP contribution in [0.15, 0.2) is 0 Å². The van der Waals surface area contributed by atoms with Crippen molar-refractivity contribution >= 4 is 5.97 Å². The van der Waals surface area contributed by atoms with E-state index < -0.39 is 0 Å². The van der Waals surface area contributed by atoms with Crippen LogP contribution < -0.4 is 0 Å². The second-order valence-corrected chi connectivity index (χ2v) is 3.74. The van der Waals surface area contributed by atoms with E-state index in [0.717, 1.165) is 12.8 Å². The van der Waals surface area contributed by atoms with E-state index in [9.17, 15) is 4.79 Å². The van der Waals surface area contributed by atoms with Crippen molar-refractivity contribution in [3.8, 4) is 0 Å². The fourth-order valence-corrected chi connectivity index (χ4v) is 1.82. The maximum absolute atomic E-state index is 11.3. The van der Waals surface area contributed by atoms with Gasteiger partial charge in [-0.1, -0.05) is 0 Å². The number of carbonyl (C=O) groups excluding carboxylic acids is 1. The van der Waals surface area contributed by atoms with E-state index in [1.165, 1.54) is 0 Å². The molecular weight excluding hydrogens is 156 g/mol. The summed E-state index contributed by atoms with van der Waals surface area (Å²) in [5.41, 5.74) is -0.316. The standard InChI is InChI=1S/C9H16O3/c1-3-12-8(11)9(2)4-7(5-9)6-10/h7,10H,3-6H2,1-2H3. The average molecular weight is 172 g/mol. The van der Waals surface area contributed by atoms with E-state index in [1.54, 1.807) is 0 Å². The topological polar surface area (TPSA) is 46.5 Å². The van der Waals surface area contributed by atoms with Gasteiger partial charge in [0.2, 0.25) is 0 Å². The average Bonchev–Trinajstić information content (AvgIpc) is 1.99. The first-order valence-corrected chi connectivity index (χ1v) is 4.40. The Kier molecular flexibility index (Phi) is 2.73. The Hall–Kier alpha value is -0.570. The Balaban J connectivity index is 2.38. The Morgan fingerprint density at radius 1 is 1.67 bits per heavy atom. The number of esters is 1. The van der Waals surface area contributed by atoms with Gasteiger partial charge in [-0.2, -0.15) is 0 Å². The molecule has 70 valence electrons. The predicted molar refractivity (Wildman–Crippen MR) is 44.5 cm³/mol. The number of carbonyl (C=O) groups is 1. The molecule has 3 heteroatoms. The van der Waals surface area contributed by atoms with Crippen molar-refractivity contribution in [1.29, 1.82) is 0 Å². The normalized spacial score (nSPS) is 34.1. The molecule has 0 aromatic rings. The van der Waals surface area contributed by atoms with Crippen LogP contribution in [-0.4, -0.2) is 24.3 Å². The molecule has 0 atom stereocenters. The minimum absolute atomic E-state index is 0.116. The molecular formula is C9H16O3. The molecule has 1 aliphatic rings. The van der Waals surface area contributed by atoms with Crippen LogP contribution in [0.3, 0.4) is 0 Å². The van der Waals surface area contributed by atoms with Gasteiger partial charge >= 0.3 is 5.97 Å². The lowest BCUT2D eigenvalue weighted by atomic mass is 9.63. The number of ether oxygens (including phenoxy) is 1. The molecule has 0 heterocycles. The highest BCUT2D eigenvalue weighted by molar-refractivity contribution is 5.77. The van der Waals surface area contributed by atoms with E-state index in [4.69, 9.17) is 9.84 Å². The molecule has 0 saturated heterocycles. The Labute approximate surface area is 72.7 Å². The van der Waals surface area contributed by atoms with Crippen LogP contribution in [0, 0.1) is 11.3 Å². The lowest BCUT2D eigenvalue weighted by Gasteiger charge is -2.41. The van der Waals surface area contributed by atoms with Crippen molar-refractivity contribution in [3.63, 3.8) is 0 Å². The lowest BCUT2D eigenvalue weighted by Crippen LogP contribution is -2.43. The fraction of sp³-hybridized carbons (Fsp3) is 0.889. The molecule has 1 aliphatic carbocycles. The maximum atomic E-state index is 11.3. The molecule has 0 radical (unpaired) electrons. The molecule has 0 aliphatic heterocycles. The minimum atomic E-state index is -0.316. The summed E-state index contributed by atoms with van der Waals surface area (Å²) >= 11 is 0. The maximum Gasteiger partial charge on any atom is 0.311 e. The zero-order valence-electron chi connectivity index (χ0n) is 7.67. The van der Waals surface area contributed by atoms with Gasteiger partial charge in [-0.3, -0.25) is 4.79 Å². The van der Waals surface area contributed by atoms with Crippen molar-refractivity contribution in [2.45, 2.75) is 26.7 Å². The molecule has 1 saturated carbocycles. The first kappa shape index (κ1) is 9.52. The Bertz CT molecular complexity index is 171. The third kappa shape index (κ3) is 1.61. The molecule has 3 nitrogen and oxygen atoms in total. The van der Waals surface area contributed by atoms with Gasteiger partial charge in [-0.05, 0) is 32.6 Å². The molecule has 0 bridgehead atoms. The molecule has 0 unspecified atom stereocenters. The van der Waals surface area contributed by atoms with Gasteiger partial charge in [0, 0.05) is 6.61 Å². The molecule has 1 rings (SSSR count). The summed E-state index contributed by atoms with van der Waals surface area (Å²) in [5, 5.41) is 8.78. The van der Waals surface area contributed by atoms with E-state index in [-0.39, 0.29) is 18.0 Å². The second kappa shape index (κ2) is 3.44. The smallest absolute Gasteiger partial charge is 0.311 e. The number of aliphatic hydroxyl groups excluding tert-OH is 1. The summed E-state index contributed by atoms with van der Waals surface area (Å²) in [4.78, 5) is 11.3. The monoisotopic (exact) mass is 172 g/mol. The first-order chi connectivity index (χ1) is 5.62. The largest absolute Gasteiger partial charge is 0.466 e. The van der Waals surface area contributed by atoms with Crippen molar-refractivity contribution in [1.82, 2.24) is 0 Å². The van der Waals surface area contributed by atoms with Crippen molar-refractivity contribution in [3.05, 3.63) is 0 Å². The van der Waals surface area contributed by atoms with Crippen LogP contribution in [0.2, 0.25) is 0 Å². The summed E-state index contributed by atoms with van der Waals surface area (Å²) in [5.74, 6) is 0.189. The van der Waals surface area contributed by atoms with Crippen molar-refractivity contribution < 1.29 is 14.6 Å². The second-order valence-electron chi connectivity index (χ2n) is 3.74. The molecule has 0 aromatic carbocycles. The van der Waals surface area contributed by atoms with Gasteiger partial charge < -0.3 is 9.84 Å². The lowest BCUT2D eigenvalue weighted by molar-refractivity contribution is -0.164. The van der Waals surface area contributed by atoms with Gasteiger partial charge in [0.25, 0.3) is 0 Å². The van der Waals surface area contributed by atoms with Crippen LogP contribution in [0.25, 0.3) is 0 Å². The third-order valence-electron chi connectivity index (χ3n) is 2.50. The van der Waals surface area contributed by atoms with Crippen LogP contribution in [-0.2, 0) is 9.53 Å². The van der Waals surface area contributed by atoms with Gasteiger partial charge in [-0.15, -0.1) is 0 Å². The van der Waals surface area contributed by atoms with Gasteiger partial charge in [0.15, 0.2) is 0 Å². The fourth-order valence-electron chi connectivity index (χ4n) is 1.82. The summed E-state index contributed by atoms with van der Waals surface area (Å²) < 4.78 is 4.92. The zero-order chi connectivity index (χ0) is 9.19. The first-order valence-electron chi connectivity index (χ1n) is 4.40. The number of hydrogen-bond acceptors (Lipinski definition) is 3. The van der Waals surface area contributed by atoms with Gasteiger partial charge in [-0.25, -0.2) is 0 Å². The van der Waals surface area contributed by atoms with Gasteiger partial charge in [0.1, 0.15) is 0 Å². The summed E-state index contributed by atoms with van der Waals surface area (Å²) in [6.45, 7) is 4.34. The molecule has 1 fully saturated rings. The molecule has 0 amide bonds. The zero-order valence-corrected chi connectivity index (χ0v) is 7.67. The molecule has 0 spiro atoms. The van der Waals surface area contributed by atoms with E-state index in [1.807, 2.05) is 13.8 Å². The van der Waals surface area contributed by atoms with Crippen LogP contribution in [0.1, 0.15) is 26.7 Å². The van der Waals surface area contributed by atoms with Crippen molar-refractivity contribution in [2.75, 3.05) is 13.2 Å². The van der Waals surface area contributed by atoms with Gasteiger partial charge in [0.05, 0.1) is 12.0 Å². The highest BCUT2D eigenvalue weighted by Crippen LogP contribution is 2.45. The number of aliphatic hydroxyl groups is 1. The van der Waals surface area contributed by atoms with E-state index >= 15 is 0 Å². The third-order valence-corrected chi connectivity index (χ3v) is 2.50.